The molecule has 25 heavy (non-hydrogen) atoms. The molecule has 1 aliphatic heterocycles. The number of hydrogen-bond donors (Lipinski definition) is 2. The predicted molar refractivity (Wildman–Crippen MR) is 90.9 cm³/mol. The molecule has 2 aromatic carbocycles. The van der Waals surface area contributed by atoms with Gasteiger partial charge in [-0.3, -0.25) is 9.69 Å². The smallest absolute Gasteiger partial charge is 0.414 e. The summed E-state index contributed by atoms with van der Waals surface area (Å²) in [6, 6.07) is 13.2. The third-order valence-corrected chi connectivity index (χ3v) is 3.80. The van der Waals surface area contributed by atoms with E-state index in [0.29, 0.717) is 30.1 Å². The molecule has 1 heterocycles. The highest BCUT2D eigenvalue weighted by Crippen LogP contribution is 2.22. The van der Waals surface area contributed by atoms with Crippen molar-refractivity contribution < 1.29 is 24.2 Å². The van der Waals surface area contributed by atoms with Crippen LogP contribution >= 0.6 is 0 Å². The van der Waals surface area contributed by atoms with Crippen LogP contribution < -0.4 is 10.2 Å². The zero-order valence-corrected chi connectivity index (χ0v) is 13.3. The van der Waals surface area contributed by atoms with Gasteiger partial charge in [-0.2, -0.15) is 0 Å². The number of ether oxygens (including phenoxy) is 1. The summed E-state index contributed by atoms with van der Waals surface area (Å²) in [4.78, 5) is 36.5. The summed E-state index contributed by atoms with van der Waals surface area (Å²) in [7, 11) is 0. The molecule has 0 saturated carbocycles. The monoisotopic (exact) mass is 340 g/mol. The lowest BCUT2D eigenvalue weighted by Gasteiger charge is -2.14. The number of carboxylic acids is 1. The highest BCUT2D eigenvalue weighted by molar-refractivity contribution is 5.97. The van der Waals surface area contributed by atoms with Crippen molar-refractivity contribution in [3.8, 4) is 0 Å². The number of carboxylic acid groups (broad SMARTS) is 1. The molecule has 7 heteroatoms. The second-order valence-corrected chi connectivity index (χ2v) is 5.50. The number of nitrogens with one attached hydrogen (secondary N) is 1. The van der Waals surface area contributed by atoms with Gasteiger partial charge in [0, 0.05) is 11.4 Å². The maximum atomic E-state index is 12.2. The molecule has 0 bridgehead atoms. The average molecular weight is 340 g/mol. The summed E-state index contributed by atoms with van der Waals surface area (Å²) in [5.41, 5.74) is 1.69. The van der Waals surface area contributed by atoms with Crippen LogP contribution in [0.2, 0.25) is 0 Å². The molecule has 7 nitrogen and oxygen atoms in total. The molecule has 128 valence electrons. The van der Waals surface area contributed by atoms with Gasteiger partial charge in [0.05, 0.1) is 18.5 Å². The highest BCUT2D eigenvalue weighted by atomic mass is 16.6. The Kier molecular flexibility index (Phi) is 4.65. The third-order valence-electron chi connectivity index (χ3n) is 3.80. The highest BCUT2D eigenvalue weighted by Gasteiger charge is 2.23. The quantitative estimate of drug-likeness (QED) is 0.872. The van der Waals surface area contributed by atoms with Crippen LogP contribution in [0.1, 0.15) is 15.9 Å². The Labute approximate surface area is 143 Å². The first-order valence-corrected chi connectivity index (χ1v) is 7.70. The van der Waals surface area contributed by atoms with Gasteiger partial charge in [0.2, 0.25) is 5.91 Å². The first kappa shape index (κ1) is 16.5. The van der Waals surface area contributed by atoms with Crippen molar-refractivity contribution >= 4 is 29.3 Å². The number of aromatic carboxylic acids is 1. The Balaban J connectivity index is 1.71. The zero-order chi connectivity index (χ0) is 17.8. The van der Waals surface area contributed by atoms with E-state index in [4.69, 9.17) is 9.84 Å². The van der Waals surface area contributed by atoms with E-state index in [1.807, 2.05) is 0 Å². The van der Waals surface area contributed by atoms with Crippen LogP contribution in [-0.2, 0) is 16.0 Å². The number of rotatable bonds is 5. The van der Waals surface area contributed by atoms with Gasteiger partial charge in [-0.1, -0.05) is 24.3 Å². The summed E-state index contributed by atoms with van der Waals surface area (Å²) in [5.74, 6) is -1.41. The van der Waals surface area contributed by atoms with Gasteiger partial charge in [0.15, 0.2) is 0 Å². The Hall–Kier alpha value is -3.35. The van der Waals surface area contributed by atoms with E-state index in [1.54, 1.807) is 42.5 Å². The van der Waals surface area contributed by atoms with Crippen molar-refractivity contribution in [1.29, 1.82) is 0 Å². The van der Waals surface area contributed by atoms with Gasteiger partial charge in [0.1, 0.15) is 6.61 Å². The molecule has 2 amide bonds. The average Bonchev–Trinajstić information content (AvgIpc) is 3.01. The van der Waals surface area contributed by atoms with E-state index in [9.17, 15) is 14.4 Å². The number of benzene rings is 2. The maximum absolute atomic E-state index is 12.2. The summed E-state index contributed by atoms with van der Waals surface area (Å²) >= 11 is 0. The molecular formula is C18H16N2O5. The predicted octanol–water partition coefficient (Wildman–Crippen LogP) is 2.52. The van der Waals surface area contributed by atoms with Gasteiger partial charge in [-0.25, -0.2) is 9.59 Å². The maximum Gasteiger partial charge on any atom is 0.414 e. The topological polar surface area (TPSA) is 95.9 Å². The molecule has 0 radical (unpaired) electrons. The minimum absolute atomic E-state index is 0.0571. The number of amides is 2. The largest absolute Gasteiger partial charge is 0.478 e. The van der Waals surface area contributed by atoms with Gasteiger partial charge < -0.3 is 15.2 Å². The lowest BCUT2D eigenvalue weighted by Crippen LogP contribution is -2.23. The Morgan fingerprint density at radius 3 is 2.68 bits per heavy atom. The van der Waals surface area contributed by atoms with Gasteiger partial charge in [0.25, 0.3) is 0 Å². The SMILES string of the molecule is O=C(Cc1ccccc1C(=O)O)Nc1cccc(N2CCOC2=O)c1. The number of carbonyl (C=O) groups is 3. The van der Waals surface area contributed by atoms with Crippen molar-refractivity contribution in [3.63, 3.8) is 0 Å². The van der Waals surface area contributed by atoms with Crippen LogP contribution in [0.5, 0.6) is 0 Å². The molecule has 2 aromatic rings. The second-order valence-electron chi connectivity index (χ2n) is 5.50. The van der Waals surface area contributed by atoms with Crippen LogP contribution in [0.3, 0.4) is 0 Å². The van der Waals surface area contributed by atoms with E-state index >= 15 is 0 Å². The number of hydrogen-bond acceptors (Lipinski definition) is 4. The van der Waals surface area contributed by atoms with Gasteiger partial charge in [-0.05, 0) is 29.8 Å². The van der Waals surface area contributed by atoms with Crippen molar-refractivity contribution in [1.82, 2.24) is 0 Å². The Morgan fingerprint density at radius 1 is 1.16 bits per heavy atom. The first-order valence-electron chi connectivity index (χ1n) is 7.70. The van der Waals surface area contributed by atoms with Crippen LogP contribution in [-0.4, -0.2) is 36.2 Å². The van der Waals surface area contributed by atoms with Crippen LogP contribution in [0.25, 0.3) is 0 Å². The molecule has 1 aliphatic rings. The van der Waals surface area contributed by atoms with Crippen molar-refractivity contribution in [2.45, 2.75) is 6.42 Å². The zero-order valence-electron chi connectivity index (χ0n) is 13.3. The molecular weight excluding hydrogens is 324 g/mol. The number of nitrogens with zero attached hydrogens (tertiary/aromatic N) is 1. The molecule has 0 unspecified atom stereocenters. The standard InChI is InChI=1S/C18H16N2O5/c21-16(10-12-4-1-2-7-15(12)17(22)23)19-13-5-3-6-14(11-13)20-8-9-25-18(20)24/h1-7,11H,8-10H2,(H,19,21)(H,22,23). The van der Waals surface area contributed by atoms with Gasteiger partial charge in [-0.15, -0.1) is 0 Å². The minimum Gasteiger partial charge on any atom is -0.478 e. The van der Waals surface area contributed by atoms with Crippen LogP contribution in [0.15, 0.2) is 48.5 Å². The lowest BCUT2D eigenvalue weighted by atomic mass is 10.0. The van der Waals surface area contributed by atoms with Crippen molar-refractivity contribution in [3.05, 3.63) is 59.7 Å². The van der Waals surface area contributed by atoms with E-state index in [2.05, 4.69) is 5.32 Å². The number of cyclic esters (lactones) is 1. The molecule has 0 spiro atoms. The summed E-state index contributed by atoms with van der Waals surface area (Å²) < 4.78 is 4.90. The molecule has 0 aliphatic carbocycles. The minimum atomic E-state index is -1.07. The molecule has 0 atom stereocenters. The third kappa shape index (κ3) is 3.77. The van der Waals surface area contributed by atoms with E-state index < -0.39 is 12.1 Å². The Morgan fingerprint density at radius 2 is 1.96 bits per heavy atom. The molecule has 0 aromatic heterocycles. The van der Waals surface area contributed by atoms with E-state index in [1.165, 1.54) is 11.0 Å². The molecule has 1 fully saturated rings. The van der Waals surface area contributed by atoms with E-state index in [-0.39, 0.29) is 17.9 Å². The first-order chi connectivity index (χ1) is 12.0. The number of carbonyl (C=O) groups excluding carboxylic acids is 2. The van der Waals surface area contributed by atoms with E-state index in [0.717, 1.165) is 0 Å². The van der Waals surface area contributed by atoms with Crippen LogP contribution in [0, 0.1) is 0 Å². The fraction of sp³-hybridized carbons (Fsp3) is 0.167. The molecule has 2 N–H and O–H groups in total. The fourth-order valence-electron chi connectivity index (χ4n) is 2.64. The summed E-state index contributed by atoms with van der Waals surface area (Å²) in [6.45, 7) is 0.795. The Bertz CT molecular complexity index is 834. The summed E-state index contributed by atoms with van der Waals surface area (Å²) in [5, 5.41) is 11.9. The molecule has 1 saturated heterocycles. The normalized spacial score (nSPS) is 13.4. The van der Waals surface area contributed by atoms with Gasteiger partial charge >= 0.3 is 12.1 Å². The van der Waals surface area contributed by atoms with Crippen LogP contribution in [0.4, 0.5) is 16.2 Å². The second kappa shape index (κ2) is 7.04. The number of anilines is 2. The lowest BCUT2D eigenvalue weighted by molar-refractivity contribution is -0.115. The van der Waals surface area contributed by atoms with Crippen molar-refractivity contribution in [2.24, 2.45) is 0 Å². The van der Waals surface area contributed by atoms with Crippen molar-refractivity contribution in [2.75, 3.05) is 23.4 Å². The summed E-state index contributed by atoms with van der Waals surface area (Å²) in [6.07, 6.45) is -0.475. The molecule has 3 rings (SSSR count). The fourth-order valence-corrected chi connectivity index (χ4v) is 2.64.